The first-order valence-electron chi connectivity index (χ1n) is 11.6. The third kappa shape index (κ3) is 8.67. The van der Waals surface area contributed by atoms with Gasteiger partial charge < -0.3 is 0 Å². The minimum absolute atomic E-state index is 0.268. The number of aryl methyl sites for hydroxylation is 1. The maximum atomic E-state index is 12.8. The second-order valence-electron chi connectivity index (χ2n) is 8.51. The molecule has 1 fully saturated rings. The van der Waals surface area contributed by atoms with Crippen molar-refractivity contribution >= 4 is 0 Å². The van der Waals surface area contributed by atoms with E-state index < -0.39 is 12.1 Å². The first-order chi connectivity index (χ1) is 15.4. The van der Waals surface area contributed by atoms with Gasteiger partial charge in [0.25, 0.3) is 0 Å². The van der Waals surface area contributed by atoms with Crippen molar-refractivity contribution in [3.63, 3.8) is 0 Å². The smallest absolute Gasteiger partial charge is 0.299 e. The molecule has 2 aromatic rings. The Morgan fingerprint density at radius 2 is 1.53 bits per heavy atom. The first kappa shape index (κ1) is 25.9. The molecular formula is C27H35F3N2. The van der Waals surface area contributed by atoms with Crippen molar-refractivity contribution in [2.45, 2.75) is 71.0 Å². The largest absolute Gasteiger partial charge is 0.391 e. The summed E-state index contributed by atoms with van der Waals surface area (Å²) in [5.41, 5.74) is 3.86. The lowest BCUT2D eigenvalue weighted by Gasteiger charge is -2.30. The van der Waals surface area contributed by atoms with Gasteiger partial charge in [0, 0.05) is 13.5 Å². The number of halogens is 3. The molecule has 174 valence electrons. The number of rotatable bonds is 8. The molecule has 0 saturated heterocycles. The van der Waals surface area contributed by atoms with E-state index in [1.54, 1.807) is 6.07 Å². The zero-order valence-corrected chi connectivity index (χ0v) is 19.2. The van der Waals surface area contributed by atoms with Crippen LogP contribution >= 0.6 is 0 Å². The Balaban J connectivity index is 0.00000114. The van der Waals surface area contributed by atoms with E-state index in [4.69, 9.17) is 5.26 Å². The van der Waals surface area contributed by atoms with Crippen molar-refractivity contribution in [3.8, 4) is 6.07 Å². The van der Waals surface area contributed by atoms with Crippen LogP contribution in [0.1, 0.15) is 68.6 Å². The van der Waals surface area contributed by atoms with Gasteiger partial charge in [-0.3, -0.25) is 4.90 Å². The minimum atomic E-state index is -4.03. The molecule has 32 heavy (non-hydrogen) atoms. The fourth-order valence-electron chi connectivity index (χ4n) is 4.41. The van der Waals surface area contributed by atoms with Gasteiger partial charge in [0.05, 0.1) is 12.0 Å². The van der Waals surface area contributed by atoms with Gasteiger partial charge in [-0.05, 0) is 74.2 Å². The highest BCUT2D eigenvalue weighted by molar-refractivity contribution is 5.26. The number of benzene rings is 2. The summed E-state index contributed by atoms with van der Waals surface area (Å²) in [6.45, 7) is 6.71. The lowest BCUT2D eigenvalue weighted by Crippen LogP contribution is -2.27. The zero-order chi connectivity index (χ0) is 23.4. The van der Waals surface area contributed by atoms with Crippen molar-refractivity contribution in [2.24, 2.45) is 5.92 Å². The molecule has 0 aromatic heterocycles. The molecule has 0 radical (unpaired) electrons. The number of nitriles is 1. The van der Waals surface area contributed by atoms with Gasteiger partial charge in [0.15, 0.2) is 0 Å². The molecular weight excluding hydrogens is 409 g/mol. The van der Waals surface area contributed by atoms with Crippen LogP contribution in [0.4, 0.5) is 13.2 Å². The number of hydrogen-bond donors (Lipinski definition) is 0. The summed E-state index contributed by atoms with van der Waals surface area (Å²) >= 11 is 0. The van der Waals surface area contributed by atoms with Crippen molar-refractivity contribution in [1.29, 1.82) is 5.26 Å². The van der Waals surface area contributed by atoms with E-state index in [-0.39, 0.29) is 18.8 Å². The Labute approximate surface area is 191 Å². The van der Waals surface area contributed by atoms with Crippen LogP contribution in [-0.2, 0) is 13.0 Å². The van der Waals surface area contributed by atoms with E-state index in [1.807, 2.05) is 6.07 Å². The monoisotopic (exact) mass is 444 g/mol. The summed E-state index contributed by atoms with van der Waals surface area (Å²) in [7, 11) is 0. The maximum absolute atomic E-state index is 12.8. The third-order valence-corrected chi connectivity index (χ3v) is 6.28. The predicted octanol–water partition coefficient (Wildman–Crippen LogP) is 7.51. The van der Waals surface area contributed by atoms with Crippen molar-refractivity contribution < 1.29 is 13.2 Å². The van der Waals surface area contributed by atoms with Crippen LogP contribution in [0.5, 0.6) is 0 Å². The fourth-order valence-corrected chi connectivity index (χ4v) is 4.41. The van der Waals surface area contributed by atoms with E-state index in [9.17, 15) is 13.2 Å². The van der Waals surface area contributed by atoms with Gasteiger partial charge in [-0.25, -0.2) is 0 Å². The average Bonchev–Trinajstić information content (AvgIpc) is 2.79. The SMILES string of the molecule is CC#N.CCN(CCCc1ccc(C2CCC(C(F)(F)F)CC2)cc1)Cc1ccccc1. The van der Waals surface area contributed by atoms with Crippen molar-refractivity contribution in [2.75, 3.05) is 13.1 Å². The summed E-state index contributed by atoms with van der Waals surface area (Å²) in [5, 5.41) is 7.32. The number of nitrogens with zero attached hydrogens (tertiary/aromatic N) is 2. The number of alkyl halides is 3. The predicted molar refractivity (Wildman–Crippen MR) is 124 cm³/mol. The Bertz CT molecular complexity index is 802. The van der Waals surface area contributed by atoms with Gasteiger partial charge >= 0.3 is 6.18 Å². The van der Waals surface area contributed by atoms with Gasteiger partial charge in [-0.2, -0.15) is 18.4 Å². The van der Waals surface area contributed by atoms with Crippen molar-refractivity contribution in [3.05, 3.63) is 71.3 Å². The van der Waals surface area contributed by atoms with E-state index in [0.717, 1.165) is 32.5 Å². The fraction of sp³-hybridized carbons (Fsp3) is 0.519. The highest BCUT2D eigenvalue weighted by Crippen LogP contribution is 2.42. The molecule has 2 aromatic carbocycles. The van der Waals surface area contributed by atoms with Gasteiger partial charge in [-0.15, -0.1) is 0 Å². The molecule has 0 spiro atoms. The molecule has 0 aliphatic heterocycles. The Morgan fingerprint density at radius 3 is 2.06 bits per heavy atom. The Morgan fingerprint density at radius 1 is 0.938 bits per heavy atom. The summed E-state index contributed by atoms with van der Waals surface area (Å²) < 4.78 is 38.5. The lowest BCUT2D eigenvalue weighted by atomic mass is 9.78. The van der Waals surface area contributed by atoms with Gasteiger partial charge in [-0.1, -0.05) is 61.5 Å². The average molecular weight is 445 g/mol. The van der Waals surface area contributed by atoms with Gasteiger partial charge in [0.2, 0.25) is 0 Å². The van der Waals surface area contributed by atoms with Crippen LogP contribution in [0.3, 0.4) is 0 Å². The molecule has 5 heteroatoms. The topological polar surface area (TPSA) is 27.0 Å². The van der Waals surface area contributed by atoms with Crippen LogP contribution in [0.15, 0.2) is 54.6 Å². The molecule has 3 rings (SSSR count). The Hall–Kier alpha value is -2.32. The molecule has 2 nitrogen and oxygen atoms in total. The standard InChI is InChI=1S/C25H32F3N.C2H3N/c1-2-29(19-21-7-4-3-5-8-21)18-6-9-20-10-12-22(13-11-20)23-14-16-24(17-15-23)25(26,27)28;1-2-3/h3-5,7-8,10-13,23-24H,2,6,9,14-19H2,1H3;1H3. The van der Waals surface area contributed by atoms with E-state index in [2.05, 4.69) is 60.4 Å². The molecule has 0 heterocycles. The lowest BCUT2D eigenvalue weighted by molar-refractivity contribution is -0.182. The quantitative estimate of drug-likeness (QED) is 0.421. The molecule has 1 aliphatic carbocycles. The van der Waals surface area contributed by atoms with Crippen LogP contribution in [-0.4, -0.2) is 24.2 Å². The van der Waals surface area contributed by atoms with E-state index in [0.29, 0.717) is 12.8 Å². The third-order valence-electron chi connectivity index (χ3n) is 6.28. The molecule has 0 unspecified atom stereocenters. The van der Waals surface area contributed by atoms with Crippen LogP contribution in [0.25, 0.3) is 0 Å². The summed E-state index contributed by atoms with van der Waals surface area (Å²) in [5.74, 6) is -0.820. The summed E-state index contributed by atoms with van der Waals surface area (Å²) in [6, 6.07) is 20.9. The normalized spacial score (nSPS) is 18.5. The zero-order valence-electron chi connectivity index (χ0n) is 19.2. The first-order valence-corrected chi connectivity index (χ1v) is 11.6. The van der Waals surface area contributed by atoms with Crippen LogP contribution in [0.2, 0.25) is 0 Å². The number of hydrogen-bond acceptors (Lipinski definition) is 2. The summed E-state index contributed by atoms with van der Waals surface area (Å²) in [4.78, 5) is 2.46. The van der Waals surface area contributed by atoms with Gasteiger partial charge in [0.1, 0.15) is 0 Å². The minimum Gasteiger partial charge on any atom is -0.299 e. The second kappa shape index (κ2) is 13.3. The van der Waals surface area contributed by atoms with E-state index >= 15 is 0 Å². The molecule has 0 N–H and O–H groups in total. The molecule has 1 aliphatic rings. The van der Waals surface area contributed by atoms with Crippen LogP contribution in [0, 0.1) is 17.2 Å². The molecule has 0 atom stereocenters. The summed E-state index contributed by atoms with van der Waals surface area (Å²) in [6.07, 6.45) is -0.0535. The molecule has 0 amide bonds. The molecule has 1 saturated carbocycles. The van der Waals surface area contributed by atoms with Crippen LogP contribution < -0.4 is 0 Å². The highest BCUT2D eigenvalue weighted by Gasteiger charge is 2.41. The molecule has 0 bridgehead atoms. The van der Waals surface area contributed by atoms with E-state index in [1.165, 1.54) is 23.6 Å². The second-order valence-corrected chi connectivity index (χ2v) is 8.51. The maximum Gasteiger partial charge on any atom is 0.391 e. The highest BCUT2D eigenvalue weighted by atomic mass is 19.4. The Kier molecular flexibility index (Phi) is 10.8. The van der Waals surface area contributed by atoms with Crippen molar-refractivity contribution in [1.82, 2.24) is 4.90 Å².